The molecule has 0 aliphatic carbocycles. The molecule has 0 radical (unpaired) electrons. The van der Waals surface area contributed by atoms with Crippen molar-refractivity contribution in [1.82, 2.24) is 10.5 Å². The van der Waals surface area contributed by atoms with Gasteiger partial charge in [-0.3, -0.25) is 0 Å². The largest absolute Gasteiger partial charge is 0.358 e. The minimum absolute atomic E-state index is 0.473. The van der Waals surface area contributed by atoms with Crippen LogP contribution in [0.25, 0.3) is 0 Å². The van der Waals surface area contributed by atoms with E-state index in [1.807, 2.05) is 6.07 Å². The van der Waals surface area contributed by atoms with Crippen LogP contribution >= 0.6 is 34.8 Å². The van der Waals surface area contributed by atoms with Gasteiger partial charge in [0, 0.05) is 22.2 Å². The molecule has 2 rings (SSSR count). The van der Waals surface area contributed by atoms with Crippen LogP contribution in [0.3, 0.4) is 0 Å². The van der Waals surface area contributed by atoms with E-state index in [-0.39, 0.29) is 0 Å². The van der Waals surface area contributed by atoms with Crippen molar-refractivity contribution < 1.29 is 4.52 Å². The fourth-order valence-corrected chi connectivity index (χ4v) is 2.18. The Kier molecular flexibility index (Phi) is 4.51. The van der Waals surface area contributed by atoms with Gasteiger partial charge in [-0.1, -0.05) is 46.0 Å². The maximum atomic E-state index is 6.06. The predicted molar refractivity (Wildman–Crippen MR) is 73.3 cm³/mol. The second-order valence-electron chi connectivity index (χ2n) is 3.81. The SMILES string of the molecule is Cc1noc(CNCc2c(Cl)cccc2Cl)c1Cl. The first kappa shape index (κ1) is 13.7. The van der Waals surface area contributed by atoms with Crippen molar-refractivity contribution in [3.8, 4) is 0 Å². The van der Waals surface area contributed by atoms with Gasteiger partial charge in [0.25, 0.3) is 0 Å². The van der Waals surface area contributed by atoms with Crippen molar-refractivity contribution in [2.75, 3.05) is 0 Å². The summed E-state index contributed by atoms with van der Waals surface area (Å²) in [6.45, 7) is 2.80. The van der Waals surface area contributed by atoms with Crippen molar-refractivity contribution in [2.24, 2.45) is 0 Å². The normalized spacial score (nSPS) is 10.9. The molecule has 1 aromatic heterocycles. The first-order valence-electron chi connectivity index (χ1n) is 5.34. The van der Waals surface area contributed by atoms with Crippen LogP contribution in [0.5, 0.6) is 0 Å². The second kappa shape index (κ2) is 5.93. The highest BCUT2D eigenvalue weighted by Gasteiger charge is 2.10. The highest BCUT2D eigenvalue weighted by molar-refractivity contribution is 6.36. The van der Waals surface area contributed by atoms with Crippen LogP contribution in [0.2, 0.25) is 15.1 Å². The summed E-state index contributed by atoms with van der Waals surface area (Å²) in [7, 11) is 0. The van der Waals surface area contributed by atoms with Crippen molar-refractivity contribution in [3.05, 3.63) is 50.3 Å². The number of hydrogen-bond donors (Lipinski definition) is 1. The predicted octanol–water partition coefficient (Wildman–Crippen LogP) is 4.23. The summed E-state index contributed by atoms with van der Waals surface area (Å²) >= 11 is 18.1. The molecule has 0 aliphatic rings. The standard InChI is InChI=1S/C12H11Cl3N2O/c1-7-12(15)11(18-17-7)6-16-5-8-9(13)3-2-4-10(8)14/h2-4,16H,5-6H2,1H3. The van der Waals surface area contributed by atoms with E-state index in [9.17, 15) is 0 Å². The van der Waals surface area contributed by atoms with Crippen LogP contribution in [-0.2, 0) is 13.1 Å². The number of aromatic nitrogens is 1. The summed E-state index contributed by atoms with van der Waals surface area (Å²) in [6, 6.07) is 5.41. The summed E-state index contributed by atoms with van der Waals surface area (Å²) in [4.78, 5) is 0. The molecule has 0 aliphatic heterocycles. The summed E-state index contributed by atoms with van der Waals surface area (Å²) in [5, 5.41) is 8.76. The third-order valence-corrected chi connectivity index (χ3v) is 3.70. The van der Waals surface area contributed by atoms with Gasteiger partial charge in [-0.2, -0.15) is 0 Å². The summed E-state index contributed by atoms with van der Waals surface area (Å²) in [5.41, 5.74) is 1.54. The quantitative estimate of drug-likeness (QED) is 0.918. The molecule has 1 N–H and O–H groups in total. The van der Waals surface area contributed by atoms with Crippen molar-refractivity contribution >= 4 is 34.8 Å². The molecule has 0 spiro atoms. The van der Waals surface area contributed by atoms with Crippen molar-refractivity contribution in [1.29, 1.82) is 0 Å². The highest BCUT2D eigenvalue weighted by Crippen LogP contribution is 2.24. The second-order valence-corrected chi connectivity index (χ2v) is 5.00. The van der Waals surface area contributed by atoms with E-state index in [4.69, 9.17) is 39.3 Å². The van der Waals surface area contributed by atoms with E-state index >= 15 is 0 Å². The molecule has 6 heteroatoms. The van der Waals surface area contributed by atoms with Gasteiger partial charge in [-0.05, 0) is 19.1 Å². The zero-order valence-electron chi connectivity index (χ0n) is 9.64. The van der Waals surface area contributed by atoms with Gasteiger partial charge in [-0.15, -0.1) is 0 Å². The molecule has 0 saturated carbocycles. The number of benzene rings is 1. The molecule has 0 bridgehead atoms. The van der Waals surface area contributed by atoms with Crippen LogP contribution in [0, 0.1) is 6.92 Å². The molecule has 0 saturated heterocycles. The maximum absolute atomic E-state index is 6.06. The Hall–Kier alpha value is -0.740. The molecule has 0 amide bonds. The smallest absolute Gasteiger partial charge is 0.169 e. The number of halogens is 3. The zero-order chi connectivity index (χ0) is 13.1. The fourth-order valence-electron chi connectivity index (χ4n) is 1.52. The molecule has 96 valence electrons. The topological polar surface area (TPSA) is 38.1 Å². The molecule has 0 fully saturated rings. The van der Waals surface area contributed by atoms with Gasteiger partial charge in [0.05, 0.1) is 12.2 Å². The zero-order valence-corrected chi connectivity index (χ0v) is 11.9. The van der Waals surface area contributed by atoms with Crippen LogP contribution in [0.15, 0.2) is 22.7 Å². The average molecular weight is 306 g/mol. The summed E-state index contributed by atoms with van der Waals surface area (Å²) < 4.78 is 5.08. The average Bonchev–Trinajstić information content (AvgIpc) is 2.65. The molecule has 0 unspecified atom stereocenters. The highest BCUT2D eigenvalue weighted by atomic mass is 35.5. The molecule has 1 heterocycles. The Labute approximate surface area is 120 Å². The Morgan fingerprint density at radius 2 is 1.83 bits per heavy atom. The Morgan fingerprint density at radius 1 is 1.17 bits per heavy atom. The number of nitrogens with one attached hydrogen (secondary N) is 1. The van der Waals surface area contributed by atoms with Crippen molar-refractivity contribution in [3.63, 3.8) is 0 Å². The lowest BCUT2D eigenvalue weighted by Gasteiger charge is -2.07. The Morgan fingerprint density at radius 3 is 2.39 bits per heavy atom. The number of rotatable bonds is 4. The summed E-state index contributed by atoms with van der Waals surface area (Å²) in [6.07, 6.45) is 0. The molecular formula is C12H11Cl3N2O. The summed E-state index contributed by atoms with van der Waals surface area (Å²) in [5.74, 6) is 0.609. The number of aryl methyl sites for hydroxylation is 1. The molecule has 3 nitrogen and oxygen atoms in total. The van der Waals surface area contributed by atoms with Gasteiger partial charge < -0.3 is 9.84 Å². The molecule has 2 aromatic rings. The van der Waals surface area contributed by atoms with Gasteiger partial charge in [-0.25, -0.2) is 0 Å². The van der Waals surface area contributed by atoms with E-state index in [1.54, 1.807) is 19.1 Å². The molecule has 0 atom stereocenters. The van der Waals surface area contributed by atoms with Crippen LogP contribution in [0.1, 0.15) is 17.0 Å². The van der Waals surface area contributed by atoms with Gasteiger partial charge in [0.15, 0.2) is 5.76 Å². The third kappa shape index (κ3) is 2.98. The lowest BCUT2D eigenvalue weighted by molar-refractivity contribution is 0.369. The minimum Gasteiger partial charge on any atom is -0.358 e. The minimum atomic E-state index is 0.473. The first-order chi connectivity index (χ1) is 8.59. The van der Waals surface area contributed by atoms with Crippen LogP contribution in [-0.4, -0.2) is 5.16 Å². The van der Waals surface area contributed by atoms with E-state index < -0.39 is 0 Å². The number of hydrogen-bond acceptors (Lipinski definition) is 3. The van der Waals surface area contributed by atoms with Crippen LogP contribution in [0.4, 0.5) is 0 Å². The maximum Gasteiger partial charge on any atom is 0.169 e. The fraction of sp³-hybridized carbons (Fsp3) is 0.250. The van der Waals surface area contributed by atoms with E-state index in [2.05, 4.69) is 10.5 Å². The lowest BCUT2D eigenvalue weighted by atomic mass is 10.2. The molecule has 18 heavy (non-hydrogen) atoms. The lowest BCUT2D eigenvalue weighted by Crippen LogP contribution is -2.13. The Bertz CT molecular complexity index is 534. The number of nitrogens with zero attached hydrogens (tertiary/aromatic N) is 1. The monoisotopic (exact) mass is 304 g/mol. The Balaban J connectivity index is 1.99. The molecular weight excluding hydrogens is 295 g/mol. The van der Waals surface area contributed by atoms with Gasteiger partial charge in [0.2, 0.25) is 0 Å². The van der Waals surface area contributed by atoms with E-state index in [1.165, 1.54) is 0 Å². The molecule has 1 aromatic carbocycles. The van der Waals surface area contributed by atoms with Crippen LogP contribution < -0.4 is 5.32 Å². The van der Waals surface area contributed by atoms with E-state index in [0.29, 0.717) is 39.6 Å². The first-order valence-corrected chi connectivity index (χ1v) is 6.47. The van der Waals surface area contributed by atoms with Gasteiger partial charge >= 0.3 is 0 Å². The van der Waals surface area contributed by atoms with Crippen molar-refractivity contribution in [2.45, 2.75) is 20.0 Å². The van der Waals surface area contributed by atoms with Gasteiger partial charge in [0.1, 0.15) is 5.02 Å². The van der Waals surface area contributed by atoms with E-state index in [0.717, 1.165) is 5.56 Å². The third-order valence-electron chi connectivity index (χ3n) is 2.50.